The van der Waals surface area contributed by atoms with Gasteiger partial charge in [0.25, 0.3) is 0 Å². The molecule has 152 valence electrons. The molecule has 0 spiro atoms. The largest absolute Gasteiger partial charge is 0.530 e. The second-order valence-electron chi connectivity index (χ2n) is 6.19. The zero-order valence-electron chi connectivity index (χ0n) is 16.1. The molecule has 0 amide bonds. The summed E-state index contributed by atoms with van der Waals surface area (Å²) in [7, 11) is -2.33. The first-order chi connectivity index (χ1) is 14.1. The highest BCUT2D eigenvalue weighted by atomic mass is 32.1. The molecule has 3 aromatic carbocycles. The van der Waals surface area contributed by atoms with Gasteiger partial charge in [-0.05, 0) is 35.4 Å². The molecule has 0 aliphatic carbocycles. The van der Waals surface area contributed by atoms with Crippen LogP contribution in [0.25, 0.3) is 0 Å². The predicted octanol–water partition coefficient (Wildman–Crippen LogP) is 6.05. The molecule has 3 aromatic rings. The van der Waals surface area contributed by atoms with Gasteiger partial charge in [-0.1, -0.05) is 54.6 Å². The van der Waals surface area contributed by atoms with Crippen LogP contribution < -0.4 is 9.26 Å². The summed E-state index contributed by atoms with van der Waals surface area (Å²) in [5, 5.41) is 0. The van der Waals surface area contributed by atoms with Crippen LogP contribution >= 0.6 is 20.5 Å². The normalized spacial score (nSPS) is 12.9. The highest BCUT2D eigenvalue weighted by Gasteiger charge is 2.29. The number of hydrogen-bond acceptors (Lipinski definition) is 6. The third-order valence-electron chi connectivity index (χ3n) is 4.10. The molecule has 0 saturated carbocycles. The van der Waals surface area contributed by atoms with Crippen molar-refractivity contribution < 1.29 is 22.9 Å². The predicted molar refractivity (Wildman–Crippen MR) is 116 cm³/mol. The maximum absolute atomic E-state index is 13.4. The molecule has 0 saturated heterocycles. The molecule has 1 atom stereocenters. The Labute approximate surface area is 176 Å². The van der Waals surface area contributed by atoms with Crippen molar-refractivity contribution in [1.29, 1.82) is 0 Å². The first-order valence-electron chi connectivity index (χ1n) is 9.06. The number of para-hydroxylation sites is 1. The van der Waals surface area contributed by atoms with Gasteiger partial charge in [-0.3, -0.25) is 9.05 Å². The highest BCUT2D eigenvalue weighted by Crippen LogP contribution is 2.51. The Hall–Kier alpha value is -2.24. The fourth-order valence-electron chi connectivity index (χ4n) is 2.62. The van der Waals surface area contributed by atoms with Gasteiger partial charge in [-0.25, -0.2) is 4.57 Å². The van der Waals surface area contributed by atoms with Crippen LogP contribution in [0.2, 0.25) is 0 Å². The number of hydrogen-bond donors (Lipinski definition) is 1. The average Bonchev–Trinajstić information content (AvgIpc) is 2.77. The Balaban J connectivity index is 1.78. The summed E-state index contributed by atoms with van der Waals surface area (Å²) in [4.78, 5) is 0. The second kappa shape index (κ2) is 10.5. The van der Waals surface area contributed by atoms with Crippen molar-refractivity contribution in [1.82, 2.24) is 0 Å². The third kappa shape index (κ3) is 6.38. The minimum absolute atomic E-state index is 0.00366. The lowest BCUT2D eigenvalue weighted by Crippen LogP contribution is -2.04. The first kappa shape index (κ1) is 21.5. The Morgan fingerprint density at radius 2 is 1.48 bits per heavy atom. The van der Waals surface area contributed by atoms with Gasteiger partial charge in [0.05, 0.1) is 20.3 Å². The van der Waals surface area contributed by atoms with Crippen LogP contribution in [0.5, 0.6) is 11.5 Å². The number of thiol groups is 1. The van der Waals surface area contributed by atoms with Gasteiger partial charge in [0.1, 0.15) is 11.5 Å². The molecule has 29 heavy (non-hydrogen) atoms. The molecule has 7 heteroatoms. The Morgan fingerprint density at radius 1 is 0.828 bits per heavy atom. The van der Waals surface area contributed by atoms with Crippen LogP contribution in [-0.2, 0) is 32.6 Å². The number of benzene rings is 3. The van der Waals surface area contributed by atoms with Crippen LogP contribution in [0.4, 0.5) is 0 Å². The van der Waals surface area contributed by atoms with E-state index >= 15 is 0 Å². The minimum Gasteiger partial charge on any atom is -0.496 e. The Bertz CT molecular complexity index is 950. The number of phosphoric ester groups is 1. The standard InChI is InChI=1S/C22H23O5PS/c1-24-22-13-12-19(17-29)14-20(22)16-26-28(23,27-21-10-6-3-7-11-21)25-15-18-8-4-2-5-9-18/h2-14,29H,15-17H2,1H3. The lowest BCUT2D eigenvalue weighted by molar-refractivity contribution is 0.142. The zero-order chi connectivity index (χ0) is 20.5. The zero-order valence-corrected chi connectivity index (χ0v) is 17.9. The van der Waals surface area contributed by atoms with Crippen molar-refractivity contribution in [3.63, 3.8) is 0 Å². The monoisotopic (exact) mass is 430 g/mol. The second-order valence-corrected chi connectivity index (χ2v) is 8.10. The molecule has 0 fully saturated rings. The molecule has 0 N–H and O–H groups in total. The molecule has 1 unspecified atom stereocenters. The van der Waals surface area contributed by atoms with Crippen LogP contribution in [-0.4, -0.2) is 7.11 Å². The summed E-state index contributed by atoms with van der Waals surface area (Å²) in [5.74, 6) is 1.60. The molecular weight excluding hydrogens is 407 g/mol. The van der Waals surface area contributed by atoms with E-state index in [0.29, 0.717) is 17.3 Å². The maximum atomic E-state index is 13.4. The van der Waals surface area contributed by atoms with E-state index in [1.54, 1.807) is 31.4 Å². The molecular formula is C22H23O5PS. The Kier molecular flexibility index (Phi) is 7.78. The van der Waals surface area contributed by atoms with Gasteiger partial charge < -0.3 is 9.26 Å². The number of methoxy groups -OCH3 is 1. The van der Waals surface area contributed by atoms with Crippen LogP contribution in [0, 0.1) is 0 Å². The first-order valence-corrected chi connectivity index (χ1v) is 11.2. The number of phosphoric acid groups is 1. The molecule has 0 aliphatic heterocycles. The van der Waals surface area contributed by atoms with E-state index in [9.17, 15) is 4.57 Å². The van der Waals surface area contributed by atoms with Crippen LogP contribution in [0.1, 0.15) is 16.7 Å². The summed E-state index contributed by atoms with van der Waals surface area (Å²) < 4.78 is 35.7. The van der Waals surface area contributed by atoms with E-state index in [4.69, 9.17) is 18.3 Å². The van der Waals surface area contributed by atoms with E-state index < -0.39 is 7.82 Å². The molecule has 0 heterocycles. The quantitative estimate of drug-likeness (QED) is 0.314. The molecule has 0 bridgehead atoms. The van der Waals surface area contributed by atoms with Crippen molar-refractivity contribution in [2.24, 2.45) is 0 Å². The van der Waals surface area contributed by atoms with Crippen LogP contribution in [0.15, 0.2) is 78.9 Å². The smallest absolute Gasteiger partial charge is 0.496 e. The lowest BCUT2D eigenvalue weighted by Gasteiger charge is -2.19. The van der Waals surface area contributed by atoms with Crippen molar-refractivity contribution in [3.8, 4) is 11.5 Å². The summed E-state index contributed by atoms with van der Waals surface area (Å²) in [5.41, 5.74) is 2.60. The van der Waals surface area contributed by atoms with E-state index in [0.717, 1.165) is 16.7 Å². The summed E-state index contributed by atoms with van der Waals surface area (Å²) >= 11 is 4.30. The molecule has 0 radical (unpaired) electrons. The molecule has 3 rings (SSSR count). The summed E-state index contributed by atoms with van der Waals surface area (Å²) in [6, 6.07) is 23.9. The fraction of sp³-hybridized carbons (Fsp3) is 0.182. The Morgan fingerprint density at radius 3 is 2.14 bits per heavy atom. The molecule has 0 aliphatic rings. The summed E-state index contributed by atoms with van der Waals surface area (Å²) in [6.45, 7) is 0.0997. The fourth-order valence-corrected chi connectivity index (χ4v) is 3.98. The maximum Gasteiger partial charge on any atom is 0.530 e. The van der Waals surface area contributed by atoms with Crippen molar-refractivity contribution >= 4 is 20.5 Å². The van der Waals surface area contributed by atoms with Crippen molar-refractivity contribution in [2.45, 2.75) is 19.0 Å². The van der Waals surface area contributed by atoms with Crippen molar-refractivity contribution in [3.05, 3.63) is 95.6 Å². The van der Waals surface area contributed by atoms with Gasteiger partial charge in [0.15, 0.2) is 0 Å². The third-order valence-corrected chi connectivity index (χ3v) is 5.79. The molecule has 5 nitrogen and oxygen atoms in total. The van der Waals surface area contributed by atoms with Gasteiger partial charge >= 0.3 is 7.82 Å². The van der Waals surface area contributed by atoms with E-state index in [1.165, 1.54) is 0 Å². The average molecular weight is 430 g/mol. The van der Waals surface area contributed by atoms with Crippen LogP contribution in [0.3, 0.4) is 0 Å². The van der Waals surface area contributed by atoms with E-state index in [-0.39, 0.29) is 13.2 Å². The summed E-state index contributed by atoms with van der Waals surface area (Å²) in [6.07, 6.45) is 0. The van der Waals surface area contributed by atoms with Gasteiger partial charge in [0.2, 0.25) is 0 Å². The number of ether oxygens (including phenoxy) is 1. The van der Waals surface area contributed by atoms with Gasteiger partial charge in [-0.2, -0.15) is 12.6 Å². The van der Waals surface area contributed by atoms with Gasteiger partial charge in [0, 0.05) is 11.3 Å². The minimum atomic E-state index is -3.90. The van der Waals surface area contributed by atoms with E-state index in [1.807, 2.05) is 54.6 Å². The van der Waals surface area contributed by atoms with E-state index in [2.05, 4.69) is 12.6 Å². The number of rotatable bonds is 10. The lowest BCUT2D eigenvalue weighted by atomic mass is 10.1. The van der Waals surface area contributed by atoms with Crippen molar-refractivity contribution in [2.75, 3.05) is 7.11 Å². The molecule has 0 aromatic heterocycles. The SMILES string of the molecule is COc1ccc(CS)cc1COP(=O)(OCc1ccccc1)Oc1ccccc1. The highest BCUT2D eigenvalue weighted by molar-refractivity contribution is 7.79. The van der Waals surface area contributed by atoms with Gasteiger partial charge in [-0.15, -0.1) is 0 Å². The topological polar surface area (TPSA) is 54.0 Å².